The molecule has 11 heteroatoms. The number of hydrogen-bond acceptors (Lipinski definition) is 5. The molecule has 0 radical (unpaired) electrons. The highest BCUT2D eigenvalue weighted by molar-refractivity contribution is 8.60. The molecular weight excluding hydrogens is 490 g/mol. The van der Waals surface area contributed by atoms with Gasteiger partial charge in [0.25, 0.3) is 16.4 Å². The second-order valence-corrected chi connectivity index (χ2v) is 13.3. The zero-order valence-electron chi connectivity index (χ0n) is 17.7. The van der Waals surface area contributed by atoms with E-state index in [0.29, 0.717) is 19.0 Å². The van der Waals surface area contributed by atoms with E-state index in [1.54, 1.807) is 41.3 Å². The predicted octanol–water partition coefficient (Wildman–Crippen LogP) is 4.73. The van der Waals surface area contributed by atoms with Crippen LogP contribution in [0.1, 0.15) is 24.0 Å². The van der Waals surface area contributed by atoms with Gasteiger partial charge in [0.2, 0.25) is 0 Å². The summed E-state index contributed by atoms with van der Waals surface area (Å²) in [6, 6.07) is 14.6. The van der Waals surface area contributed by atoms with Gasteiger partial charge in [-0.3, -0.25) is 14.3 Å². The highest BCUT2D eigenvalue weighted by Gasteiger charge is 2.28. The SMILES string of the molecule is O=S(=O)(NC1=CS(Cl)(NC[C@H]2CCN(Cc3cccc(C(F)F)c3)C2)C=N1)c1ccccc1. The van der Waals surface area contributed by atoms with E-state index in [-0.39, 0.29) is 16.3 Å². The molecule has 2 aliphatic heterocycles. The van der Waals surface area contributed by atoms with Crippen molar-refractivity contribution >= 4 is 35.7 Å². The first-order chi connectivity index (χ1) is 15.7. The minimum Gasteiger partial charge on any atom is -0.299 e. The number of sulfonamides is 1. The van der Waals surface area contributed by atoms with E-state index in [0.717, 1.165) is 25.1 Å². The number of likely N-dealkylation sites (tertiary alicyclic amines) is 1. The molecule has 2 aromatic carbocycles. The van der Waals surface area contributed by atoms with Gasteiger partial charge < -0.3 is 0 Å². The van der Waals surface area contributed by atoms with Gasteiger partial charge in [0.05, 0.1) is 10.4 Å². The molecule has 0 aliphatic carbocycles. The van der Waals surface area contributed by atoms with Crippen LogP contribution in [0.5, 0.6) is 0 Å². The van der Waals surface area contributed by atoms with Gasteiger partial charge in [-0.2, -0.15) is 0 Å². The Morgan fingerprint density at radius 1 is 1.18 bits per heavy atom. The first-order valence-corrected chi connectivity index (χ1v) is 14.5. The van der Waals surface area contributed by atoms with Crippen LogP contribution in [0, 0.1) is 5.92 Å². The first kappa shape index (κ1) is 24.2. The van der Waals surface area contributed by atoms with Crippen molar-refractivity contribution in [3.63, 3.8) is 0 Å². The molecule has 0 aromatic heterocycles. The molecule has 2 aliphatic rings. The Morgan fingerprint density at radius 3 is 2.73 bits per heavy atom. The third-order valence-electron chi connectivity index (χ3n) is 5.49. The summed E-state index contributed by atoms with van der Waals surface area (Å²) in [7, 11) is 0.883. The fraction of sp³-hybridized carbons (Fsp3) is 0.318. The second-order valence-electron chi connectivity index (χ2n) is 8.07. The summed E-state index contributed by atoms with van der Waals surface area (Å²) >= 11 is 0. The summed E-state index contributed by atoms with van der Waals surface area (Å²) in [6.07, 6.45) is -1.51. The van der Waals surface area contributed by atoms with Crippen LogP contribution < -0.4 is 9.44 Å². The topological polar surface area (TPSA) is 73.8 Å². The summed E-state index contributed by atoms with van der Waals surface area (Å²) in [4.78, 5) is 6.55. The average Bonchev–Trinajstić information content (AvgIpc) is 3.39. The molecule has 1 fully saturated rings. The third kappa shape index (κ3) is 6.33. The number of alkyl halides is 2. The van der Waals surface area contributed by atoms with E-state index in [9.17, 15) is 17.2 Å². The van der Waals surface area contributed by atoms with Gasteiger partial charge in [-0.05, 0) is 62.8 Å². The lowest BCUT2D eigenvalue weighted by Gasteiger charge is -2.25. The van der Waals surface area contributed by atoms with Gasteiger partial charge >= 0.3 is 0 Å². The van der Waals surface area contributed by atoms with Crippen LogP contribution in [0.4, 0.5) is 8.78 Å². The molecule has 4 rings (SSSR count). The number of rotatable bonds is 9. The molecule has 2 aromatic rings. The standard InChI is InChI=1S/C22H25ClF2N4O2S2/c23-32(15-21(26-16-32)28-33(30,31)20-7-2-1-3-8-20)27-12-18-9-10-29(14-18)13-17-5-4-6-19(11-17)22(24)25/h1-8,11,15-16,18,22,27-28H,9-10,12-14H2/t18-/m1/s1. The van der Waals surface area contributed by atoms with Crippen molar-refractivity contribution in [1.29, 1.82) is 0 Å². The summed E-state index contributed by atoms with van der Waals surface area (Å²) < 4.78 is 56.6. The van der Waals surface area contributed by atoms with Gasteiger partial charge in [-0.1, -0.05) is 36.4 Å². The van der Waals surface area contributed by atoms with E-state index < -0.39 is 25.9 Å². The lowest BCUT2D eigenvalue weighted by molar-refractivity contribution is 0.151. The summed E-state index contributed by atoms with van der Waals surface area (Å²) in [5.74, 6) is 0.543. The third-order valence-corrected chi connectivity index (χ3v) is 9.29. The van der Waals surface area contributed by atoms with E-state index in [1.807, 2.05) is 6.07 Å². The Hall–Kier alpha value is -1.98. The lowest BCUT2D eigenvalue weighted by atomic mass is 10.1. The largest absolute Gasteiger partial charge is 0.299 e. The number of hydrogen-bond donors (Lipinski definition) is 2. The van der Waals surface area contributed by atoms with Crippen molar-refractivity contribution < 1.29 is 17.2 Å². The van der Waals surface area contributed by atoms with E-state index in [1.165, 1.54) is 18.2 Å². The quantitative estimate of drug-likeness (QED) is 0.507. The van der Waals surface area contributed by atoms with Crippen LogP contribution in [0.15, 0.2) is 75.7 Å². The molecule has 178 valence electrons. The Labute approximate surface area is 198 Å². The van der Waals surface area contributed by atoms with Crippen molar-refractivity contribution in [3.05, 3.63) is 77.0 Å². The Kier molecular flexibility index (Phi) is 7.40. The smallest absolute Gasteiger partial charge is 0.263 e. The number of nitrogens with one attached hydrogen (secondary N) is 2. The van der Waals surface area contributed by atoms with Crippen molar-refractivity contribution in [2.75, 3.05) is 19.6 Å². The molecule has 1 saturated heterocycles. The number of halogens is 3. The minimum atomic E-state index is -3.73. The molecule has 2 atom stereocenters. The van der Waals surface area contributed by atoms with E-state index >= 15 is 0 Å². The summed E-state index contributed by atoms with van der Waals surface area (Å²) in [5.41, 5.74) is 2.48. The minimum absolute atomic E-state index is 0.0450. The second kappa shape index (κ2) is 10.1. The zero-order chi connectivity index (χ0) is 23.5. The van der Waals surface area contributed by atoms with Crippen LogP contribution >= 0.6 is 20.1 Å². The van der Waals surface area contributed by atoms with Crippen molar-refractivity contribution in [1.82, 2.24) is 14.3 Å². The van der Waals surface area contributed by atoms with E-state index in [4.69, 9.17) is 10.7 Å². The van der Waals surface area contributed by atoms with Crippen LogP contribution in [0.3, 0.4) is 0 Å². The monoisotopic (exact) mass is 514 g/mol. The maximum atomic E-state index is 12.9. The Balaban J connectivity index is 1.29. The molecule has 33 heavy (non-hydrogen) atoms. The first-order valence-electron chi connectivity index (χ1n) is 10.4. The zero-order valence-corrected chi connectivity index (χ0v) is 20.1. The molecule has 0 saturated carbocycles. The van der Waals surface area contributed by atoms with Crippen molar-refractivity contribution in [2.45, 2.75) is 24.3 Å². The van der Waals surface area contributed by atoms with Gasteiger partial charge in [0.1, 0.15) is 5.82 Å². The average molecular weight is 515 g/mol. The van der Waals surface area contributed by atoms with Crippen LogP contribution in [0.2, 0.25) is 0 Å². The van der Waals surface area contributed by atoms with Gasteiger partial charge in [0, 0.05) is 30.6 Å². The van der Waals surface area contributed by atoms with E-state index in [2.05, 4.69) is 19.3 Å². The fourth-order valence-electron chi connectivity index (χ4n) is 3.84. The summed E-state index contributed by atoms with van der Waals surface area (Å²) in [6.45, 7) is 2.98. The molecular formula is C22H25ClF2N4O2S2. The number of aliphatic imine (C=N–C) groups is 1. The molecule has 0 bridgehead atoms. The molecule has 1 unspecified atom stereocenters. The Bertz CT molecular complexity index is 1150. The predicted molar refractivity (Wildman–Crippen MR) is 130 cm³/mol. The van der Waals surface area contributed by atoms with Crippen LogP contribution in [0.25, 0.3) is 0 Å². The van der Waals surface area contributed by atoms with Gasteiger partial charge in [0.15, 0.2) is 0 Å². The molecule has 0 amide bonds. The number of nitrogens with zero attached hydrogens (tertiary/aromatic N) is 2. The molecule has 2 N–H and O–H groups in total. The van der Waals surface area contributed by atoms with Gasteiger partial charge in [-0.25, -0.2) is 22.2 Å². The molecule has 0 spiro atoms. The normalized spacial score (nSPS) is 25.2. The molecule has 2 heterocycles. The molecule has 6 nitrogen and oxygen atoms in total. The maximum absolute atomic E-state index is 12.9. The van der Waals surface area contributed by atoms with Gasteiger partial charge in [-0.15, -0.1) is 0 Å². The van der Waals surface area contributed by atoms with Crippen LogP contribution in [-0.4, -0.2) is 38.5 Å². The number of benzene rings is 2. The summed E-state index contributed by atoms with van der Waals surface area (Å²) in [5, 5.41) is 1.62. The van der Waals surface area contributed by atoms with Crippen molar-refractivity contribution in [3.8, 4) is 0 Å². The maximum Gasteiger partial charge on any atom is 0.263 e. The lowest BCUT2D eigenvalue weighted by Crippen LogP contribution is -2.26. The fourth-order valence-corrected chi connectivity index (χ4v) is 6.91. The Morgan fingerprint density at radius 2 is 1.97 bits per heavy atom. The highest BCUT2D eigenvalue weighted by atomic mass is 35.7. The van der Waals surface area contributed by atoms with Crippen LogP contribution in [-0.2, 0) is 16.6 Å². The highest BCUT2D eigenvalue weighted by Crippen LogP contribution is 2.52. The van der Waals surface area contributed by atoms with Crippen molar-refractivity contribution in [2.24, 2.45) is 10.9 Å².